The lowest BCUT2D eigenvalue weighted by molar-refractivity contribution is -0.179. The smallest absolute Gasteiger partial charge is 0.168 e. The summed E-state index contributed by atoms with van der Waals surface area (Å²) in [4.78, 5) is 0. The molecule has 0 radical (unpaired) electrons. The fourth-order valence-electron chi connectivity index (χ4n) is 3.76. The van der Waals surface area contributed by atoms with Gasteiger partial charge in [0.1, 0.15) is 0 Å². The van der Waals surface area contributed by atoms with E-state index in [1.807, 2.05) is 0 Å². The highest BCUT2D eigenvalue weighted by molar-refractivity contribution is 5.32. The molecule has 21 heavy (non-hydrogen) atoms. The van der Waals surface area contributed by atoms with Gasteiger partial charge < -0.3 is 14.8 Å². The first-order valence-electron chi connectivity index (χ1n) is 8.19. The number of hydrogen-bond acceptors (Lipinski definition) is 3. The molecule has 3 heteroatoms. The van der Waals surface area contributed by atoms with Crippen molar-refractivity contribution in [3.8, 4) is 0 Å². The maximum Gasteiger partial charge on any atom is 0.168 e. The molecule has 1 aliphatic heterocycles. The normalized spacial score (nSPS) is 23.6. The van der Waals surface area contributed by atoms with Crippen LogP contribution < -0.4 is 5.32 Å². The van der Waals surface area contributed by atoms with Crippen LogP contribution in [0.5, 0.6) is 0 Å². The van der Waals surface area contributed by atoms with E-state index in [0.29, 0.717) is 12.1 Å². The summed E-state index contributed by atoms with van der Waals surface area (Å²) in [6.07, 6.45) is 4.30. The standard InChI is InChI=1S/C18H27NO2/c1-13-4-5-17(14(2)12-13)15(3)19-16-6-8-18(9-7-16)20-10-11-21-18/h4-5,12,15-16,19H,6-11H2,1-3H3. The predicted octanol–water partition coefficient (Wildman–Crippen LogP) is 3.64. The number of benzene rings is 1. The molecular weight excluding hydrogens is 262 g/mol. The molecule has 2 aliphatic rings. The van der Waals surface area contributed by atoms with Crippen LogP contribution >= 0.6 is 0 Å². The van der Waals surface area contributed by atoms with Crippen LogP contribution in [0.3, 0.4) is 0 Å². The third kappa shape index (κ3) is 3.31. The molecule has 3 rings (SSSR count). The van der Waals surface area contributed by atoms with Crippen LogP contribution in [0.2, 0.25) is 0 Å². The molecule has 1 atom stereocenters. The van der Waals surface area contributed by atoms with E-state index in [1.165, 1.54) is 16.7 Å². The first-order valence-corrected chi connectivity index (χ1v) is 8.19. The summed E-state index contributed by atoms with van der Waals surface area (Å²) in [7, 11) is 0. The van der Waals surface area contributed by atoms with Gasteiger partial charge in [0.2, 0.25) is 0 Å². The Bertz CT molecular complexity index is 484. The quantitative estimate of drug-likeness (QED) is 0.921. The van der Waals surface area contributed by atoms with Gasteiger partial charge in [0.05, 0.1) is 13.2 Å². The van der Waals surface area contributed by atoms with Crippen molar-refractivity contribution in [2.24, 2.45) is 0 Å². The molecule has 0 aromatic heterocycles. The Morgan fingerprint density at radius 1 is 1.14 bits per heavy atom. The zero-order chi connectivity index (χ0) is 14.9. The Balaban J connectivity index is 1.57. The Morgan fingerprint density at radius 2 is 1.81 bits per heavy atom. The maximum atomic E-state index is 5.80. The highest BCUT2D eigenvalue weighted by Gasteiger charge is 2.40. The number of ether oxygens (including phenoxy) is 2. The van der Waals surface area contributed by atoms with E-state index in [0.717, 1.165) is 38.9 Å². The minimum atomic E-state index is -0.249. The molecule has 1 spiro atoms. The van der Waals surface area contributed by atoms with Crippen LogP contribution in [0, 0.1) is 13.8 Å². The summed E-state index contributed by atoms with van der Waals surface area (Å²) in [6, 6.07) is 7.70. The van der Waals surface area contributed by atoms with Gasteiger partial charge in [0.15, 0.2) is 5.79 Å². The predicted molar refractivity (Wildman–Crippen MR) is 84.4 cm³/mol. The molecule has 1 N–H and O–H groups in total. The van der Waals surface area contributed by atoms with E-state index in [2.05, 4.69) is 44.3 Å². The maximum absolute atomic E-state index is 5.80. The van der Waals surface area contributed by atoms with E-state index < -0.39 is 0 Å². The lowest BCUT2D eigenvalue weighted by atomic mass is 9.89. The first-order chi connectivity index (χ1) is 10.1. The van der Waals surface area contributed by atoms with Gasteiger partial charge in [-0.15, -0.1) is 0 Å². The second-order valence-electron chi connectivity index (χ2n) is 6.63. The van der Waals surface area contributed by atoms with Crippen LogP contribution in [0.25, 0.3) is 0 Å². The van der Waals surface area contributed by atoms with Crippen molar-refractivity contribution >= 4 is 0 Å². The van der Waals surface area contributed by atoms with Crippen molar-refractivity contribution in [1.29, 1.82) is 0 Å². The molecule has 116 valence electrons. The Morgan fingerprint density at radius 3 is 2.43 bits per heavy atom. The molecule has 1 aromatic rings. The summed E-state index contributed by atoms with van der Waals surface area (Å²) < 4.78 is 11.6. The second kappa shape index (κ2) is 6.07. The van der Waals surface area contributed by atoms with Crippen LogP contribution in [0.15, 0.2) is 18.2 Å². The van der Waals surface area contributed by atoms with E-state index in [4.69, 9.17) is 9.47 Å². The summed E-state index contributed by atoms with van der Waals surface area (Å²) in [6.45, 7) is 8.15. The monoisotopic (exact) mass is 289 g/mol. The van der Waals surface area contributed by atoms with Crippen molar-refractivity contribution in [3.05, 3.63) is 34.9 Å². The zero-order valence-electron chi connectivity index (χ0n) is 13.4. The molecule has 1 saturated heterocycles. The minimum absolute atomic E-state index is 0.249. The molecule has 1 heterocycles. The molecule has 2 fully saturated rings. The summed E-state index contributed by atoms with van der Waals surface area (Å²) in [5.74, 6) is -0.249. The average Bonchev–Trinajstić information content (AvgIpc) is 2.90. The first kappa shape index (κ1) is 15.0. The van der Waals surface area contributed by atoms with Gasteiger partial charge in [0.25, 0.3) is 0 Å². The molecular formula is C18H27NO2. The molecule has 1 unspecified atom stereocenters. The molecule has 1 aromatic carbocycles. The third-order valence-electron chi connectivity index (χ3n) is 4.94. The number of hydrogen-bond donors (Lipinski definition) is 1. The zero-order valence-corrected chi connectivity index (χ0v) is 13.4. The van der Waals surface area contributed by atoms with Gasteiger partial charge in [0, 0.05) is 24.9 Å². The minimum Gasteiger partial charge on any atom is -0.348 e. The number of aryl methyl sites for hydroxylation is 2. The summed E-state index contributed by atoms with van der Waals surface area (Å²) in [5.41, 5.74) is 4.12. The topological polar surface area (TPSA) is 30.5 Å². The Hall–Kier alpha value is -0.900. The lowest BCUT2D eigenvalue weighted by Gasteiger charge is -2.37. The van der Waals surface area contributed by atoms with E-state index in [1.54, 1.807) is 0 Å². The van der Waals surface area contributed by atoms with Gasteiger partial charge >= 0.3 is 0 Å². The van der Waals surface area contributed by atoms with Crippen molar-refractivity contribution in [2.75, 3.05) is 13.2 Å². The lowest BCUT2D eigenvalue weighted by Crippen LogP contribution is -2.42. The van der Waals surface area contributed by atoms with Crippen LogP contribution in [0.4, 0.5) is 0 Å². The van der Waals surface area contributed by atoms with Crippen molar-refractivity contribution < 1.29 is 9.47 Å². The van der Waals surface area contributed by atoms with Gasteiger partial charge in [-0.3, -0.25) is 0 Å². The van der Waals surface area contributed by atoms with Gasteiger partial charge in [-0.1, -0.05) is 23.8 Å². The van der Waals surface area contributed by atoms with Crippen LogP contribution in [-0.2, 0) is 9.47 Å². The molecule has 0 bridgehead atoms. The molecule has 0 amide bonds. The average molecular weight is 289 g/mol. The van der Waals surface area contributed by atoms with E-state index in [-0.39, 0.29) is 5.79 Å². The highest BCUT2D eigenvalue weighted by Crippen LogP contribution is 2.36. The van der Waals surface area contributed by atoms with Crippen LogP contribution in [-0.4, -0.2) is 25.0 Å². The molecule has 1 aliphatic carbocycles. The third-order valence-corrected chi connectivity index (χ3v) is 4.94. The van der Waals surface area contributed by atoms with Gasteiger partial charge in [-0.25, -0.2) is 0 Å². The van der Waals surface area contributed by atoms with Gasteiger partial charge in [-0.05, 0) is 44.7 Å². The van der Waals surface area contributed by atoms with Crippen LogP contribution in [0.1, 0.15) is 55.3 Å². The summed E-state index contributed by atoms with van der Waals surface area (Å²) in [5, 5.41) is 3.79. The van der Waals surface area contributed by atoms with E-state index in [9.17, 15) is 0 Å². The Labute approximate surface area is 128 Å². The van der Waals surface area contributed by atoms with Gasteiger partial charge in [-0.2, -0.15) is 0 Å². The highest BCUT2D eigenvalue weighted by atomic mass is 16.7. The number of nitrogens with one attached hydrogen (secondary N) is 1. The SMILES string of the molecule is Cc1ccc(C(C)NC2CCC3(CC2)OCCO3)c(C)c1. The molecule has 1 saturated carbocycles. The Kier molecular flexibility index (Phi) is 4.34. The summed E-state index contributed by atoms with van der Waals surface area (Å²) >= 11 is 0. The fraction of sp³-hybridized carbons (Fsp3) is 0.667. The fourth-order valence-corrected chi connectivity index (χ4v) is 3.76. The largest absolute Gasteiger partial charge is 0.348 e. The van der Waals surface area contributed by atoms with Crippen molar-refractivity contribution in [2.45, 2.75) is 64.3 Å². The van der Waals surface area contributed by atoms with Crippen molar-refractivity contribution in [1.82, 2.24) is 5.32 Å². The van der Waals surface area contributed by atoms with Crippen molar-refractivity contribution in [3.63, 3.8) is 0 Å². The number of rotatable bonds is 3. The molecule has 3 nitrogen and oxygen atoms in total. The van der Waals surface area contributed by atoms with E-state index >= 15 is 0 Å². The second-order valence-corrected chi connectivity index (χ2v) is 6.63.